The van der Waals surface area contributed by atoms with Crippen LogP contribution >= 0.6 is 15.9 Å². The molecule has 1 aliphatic heterocycles. The van der Waals surface area contributed by atoms with E-state index in [0.29, 0.717) is 0 Å². The fourth-order valence-electron chi connectivity index (χ4n) is 2.91. The molecule has 110 valence electrons. The van der Waals surface area contributed by atoms with Gasteiger partial charge in [-0.25, -0.2) is 0 Å². The summed E-state index contributed by atoms with van der Waals surface area (Å²) in [5.74, 6) is 1.03. The van der Waals surface area contributed by atoms with E-state index >= 15 is 0 Å². The Morgan fingerprint density at radius 1 is 1.24 bits per heavy atom. The van der Waals surface area contributed by atoms with Crippen molar-refractivity contribution in [2.75, 3.05) is 6.61 Å². The third kappa shape index (κ3) is 2.99. The molecule has 0 aliphatic carbocycles. The van der Waals surface area contributed by atoms with Crippen molar-refractivity contribution < 1.29 is 4.74 Å². The number of aryl methyl sites for hydroxylation is 1. The van der Waals surface area contributed by atoms with E-state index in [1.807, 2.05) is 0 Å². The summed E-state index contributed by atoms with van der Waals surface area (Å²) in [6.45, 7) is 4.94. The molecule has 0 radical (unpaired) electrons. The SMILES string of the molecule is Cc1ccc(C(C)(N)Cc2cc(Br)cc3c2OCC3)cc1. The van der Waals surface area contributed by atoms with Crippen molar-refractivity contribution in [1.29, 1.82) is 0 Å². The van der Waals surface area contributed by atoms with Crippen molar-refractivity contribution in [3.05, 3.63) is 63.1 Å². The maximum atomic E-state index is 6.59. The monoisotopic (exact) mass is 345 g/mol. The Morgan fingerprint density at radius 3 is 2.67 bits per heavy atom. The summed E-state index contributed by atoms with van der Waals surface area (Å²) < 4.78 is 6.91. The molecule has 0 amide bonds. The van der Waals surface area contributed by atoms with E-state index in [4.69, 9.17) is 10.5 Å². The minimum absolute atomic E-state index is 0.409. The van der Waals surface area contributed by atoms with Gasteiger partial charge in [0.05, 0.1) is 6.61 Å². The van der Waals surface area contributed by atoms with Gasteiger partial charge >= 0.3 is 0 Å². The fraction of sp³-hybridized carbons (Fsp3) is 0.333. The van der Waals surface area contributed by atoms with Crippen LogP contribution in [0.15, 0.2) is 40.9 Å². The Hall–Kier alpha value is -1.32. The topological polar surface area (TPSA) is 35.2 Å². The van der Waals surface area contributed by atoms with Crippen molar-refractivity contribution in [3.63, 3.8) is 0 Å². The number of halogens is 1. The van der Waals surface area contributed by atoms with Crippen LogP contribution in [-0.4, -0.2) is 6.61 Å². The van der Waals surface area contributed by atoms with Crippen LogP contribution in [0.2, 0.25) is 0 Å². The Balaban J connectivity index is 1.94. The Morgan fingerprint density at radius 2 is 1.95 bits per heavy atom. The van der Waals surface area contributed by atoms with E-state index < -0.39 is 5.54 Å². The second-order valence-electron chi connectivity index (χ2n) is 6.11. The van der Waals surface area contributed by atoms with E-state index in [1.54, 1.807) is 0 Å². The summed E-state index contributed by atoms with van der Waals surface area (Å²) in [5, 5.41) is 0. The molecule has 3 rings (SSSR count). The van der Waals surface area contributed by atoms with Crippen LogP contribution in [0, 0.1) is 6.92 Å². The largest absolute Gasteiger partial charge is 0.493 e. The van der Waals surface area contributed by atoms with Crippen LogP contribution in [0.1, 0.15) is 29.2 Å². The van der Waals surface area contributed by atoms with Gasteiger partial charge in [-0.15, -0.1) is 0 Å². The predicted molar refractivity (Wildman–Crippen MR) is 89.8 cm³/mol. The van der Waals surface area contributed by atoms with Gasteiger partial charge in [-0.2, -0.15) is 0 Å². The second kappa shape index (κ2) is 5.47. The zero-order valence-corrected chi connectivity index (χ0v) is 14.0. The van der Waals surface area contributed by atoms with Crippen LogP contribution in [0.3, 0.4) is 0 Å². The summed E-state index contributed by atoms with van der Waals surface area (Å²) >= 11 is 3.59. The molecule has 0 saturated heterocycles. The minimum atomic E-state index is -0.409. The van der Waals surface area contributed by atoms with Crippen molar-refractivity contribution in [2.45, 2.75) is 32.2 Å². The third-order valence-electron chi connectivity index (χ3n) is 4.09. The highest BCUT2D eigenvalue weighted by molar-refractivity contribution is 9.10. The van der Waals surface area contributed by atoms with Gasteiger partial charge in [0.25, 0.3) is 0 Å². The summed E-state index contributed by atoms with van der Waals surface area (Å²) in [4.78, 5) is 0. The summed E-state index contributed by atoms with van der Waals surface area (Å²) in [6, 6.07) is 12.7. The molecule has 3 heteroatoms. The molecule has 0 spiro atoms. The van der Waals surface area contributed by atoms with E-state index in [2.05, 4.69) is 66.2 Å². The maximum Gasteiger partial charge on any atom is 0.125 e. The van der Waals surface area contributed by atoms with Gasteiger partial charge in [-0.1, -0.05) is 45.8 Å². The van der Waals surface area contributed by atoms with Crippen molar-refractivity contribution in [3.8, 4) is 5.75 Å². The summed E-state index contributed by atoms with van der Waals surface area (Å²) in [6.07, 6.45) is 1.74. The highest BCUT2D eigenvalue weighted by atomic mass is 79.9. The molecule has 0 bridgehead atoms. The first-order chi connectivity index (χ1) is 9.95. The molecule has 0 saturated carbocycles. The van der Waals surface area contributed by atoms with Gasteiger partial charge in [-0.3, -0.25) is 0 Å². The molecule has 1 heterocycles. The molecule has 2 aromatic rings. The van der Waals surface area contributed by atoms with Gasteiger partial charge in [-0.05, 0) is 49.1 Å². The first-order valence-corrected chi connectivity index (χ1v) is 8.05. The molecule has 0 fully saturated rings. The number of rotatable bonds is 3. The highest BCUT2D eigenvalue weighted by Gasteiger charge is 2.26. The number of ether oxygens (including phenoxy) is 1. The van der Waals surface area contributed by atoms with Gasteiger partial charge in [0, 0.05) is 16.4 Å². The minimum Gasteiger partial charge on any atom is -0.493 e. The number of hydrogen-bond acceptors (Lipinski definition) is 2. The molecule has 1 unspecified atom stereocenters. The van der Waals surface area contributed by atoms with E-state index in [-0.39, 0.29) is 0 Å². The first-order valence-electron chi connectivity index (χ1n) is 7.26. The molecule has 1 aliphatic rings. The molecule has 0 aromatic heterocycles. The van der Waals surface area contributed by atoms with Gasteiger partial charge in [0.2, 0.25) is 0 Å². The van der Waals surface area contributed by atoms with Crippen LogP contribution < -0.4 is 10.5 Å². The Kier molecular flexibility index (Phi) is 3.80. The fourth-order valence-corrected chi connectivity index (χ4v) is 3.46. The van der Waals surface area contributed by atoms with Crippen molar-refractivity contribution in [2.24, 2.45) is 5.73 Å². The molecule has 2 nitrogen and oxygen atoms in total. The number of fused-ring (bicyclic) bond motifs is 1. The maximum absolute atomic E-state index is 6.59. The van der Waals surface area contributed by atoms with Gasteiger partial charge in [0.15, 0.2) is 0 Å². The molecule has 21 heavy (non-hydrogen) atoms. The zero-order valence-electron chi connectivity index (χ0n) is 12.4. The Labute approximate surface area is 134 Å². The lowest BCUT2D eigenvalue weighted by Crippen LogP contribution is -2.35. The average Bonchev–Trinajstić information content (AvgIpc) is 2.87. The lowest BCUT2D eigenvalue weighted by Gasteiger charge is -2.26. The smallest absolute Gasteiger partial charge is 0.125 e. The van der Waals surface area contributed by atoms with Crippen LogP contribution in [0.4, 0.5) is 0 Å². The molecular weight excluding hydrogens is 326 g/mol. The zero-order chi connectivity index (χ0) is 15.0. The summed E-state index contributed by atoms with van der Waals surface area (Å²) in [5.41, 5.74) is 11.0. The third-order valence-corrected chi connectivity index (χ3v) is 4.55. The number of benzene rings is 2. The first kappa shape index (κ1) is 14.6. The van der Waals surface area contributed by atoms with Crippen molar-refractivity contribution in [1.82, 2.24) is 0 Å². The van der Waals surface area contributed by atoms with Crippen LogP contribution in [0.25, 0.3) is 0 Å². The average molecular weight is 346 g/mol. The summed E-state index contributed by atoms with van der Waals surface area (Å²) in [7, 11) is 0. The Bertz CT molecular complexity index is 662. The van der Waals surface area contributed by atoms with E-state index in [9.17, 15) is 0 Å². The molecule has 1 atom stereocenters. The van der Waals surface area contributed by atoms with Crippen LogP contribution in [-0.2, 0) is 18.4 Å². The predicted octanol–water partition coefficient (Wildman–Crippen LogP) is 4.11. The normalized spacial score (nSPS) is 16.2. The standard InChI is InChI=1S/C18H20BrNO/c1-12-3-5-15(6-4-12)18(2,20)11-14-10-16(19)9-13-7-8-21-17(13)14/h3-6,9-10H,7-8,11,20H2,1-2H3. The molecule has 2 aromatic carbocycles. The molecular formula is C18H20BrNO. The van der Waals surface area contributed by atoms with E-state index in [1.165, 1.54) is 16.7 Å². The molecule has 2 N–H and O–H groups in total. The quantitative estimate of drug-likeness (QED) is 0.908. The van der Waals surface area contributed by atoms with Crippen LogP contribution in [0.5, 0.6) is 5.75 Å². The van der Waals surface area contributed by atoms with E-state index in [0.717, 1.165) is 35.2 Å². The number of hydrogen-bond donors (Lipinski definition) is 1. The highest BCUT2D eigenvalue weighted by Crippen LogP contribution is 2.36. The lowest BCUT2D eigenvalue weighted by molar-refractivity contribution is 0.349. The van der Waals surface area contributed by atoms with Crippen molar-refractivity contribution >= 4 is 15.9 Å². The van der Waals surface area contributed by atoms with Gasteiger partial charge in [0.1, 0.15) is 5.75 Å². The second-order valence-corrected chi connectivity index (χ2v) is 7.03. The van der Waals surface area contributed by atoms with Gasteiger partial charge < -0.3 is 10.5 Å². The lowest BCUT2D eigenvalue weighted by atomic mass is 9.85. The number of nitrogens with two attached hydrogens (primary N) is 1.